The number of carbonyl (C=O) groups excluding carboxylic acids is 3. The first-order valence-corrected chi connectivity index (χ1v) is 11.4. The van der Waals surface area contributed by atoms with Gasteiger partial charge >= 0.3 is 23.9 Å². The van der Waals surface area contributed by atoms with E-state index in [1.54, 1.807) is 13.8 Å². The van der Waals surface area contributed by atoms with Crippen LogP contribution in [0.2, 0.25) is 0 Å². The zero-order valence-electron chi connectivity index (χ0n) is 19.5. The molecule has 0 aliphatic heterocycles. The summed E-state index contributed by atoms with van der Waals surface area (Å²) in [5.41, 5.74) is 0. The van der Waals surface area contributed by atoms with Gasteiger partial charge in [0.1, 0.15) is 13.2 Å². The maximum Gasteiger partial charge on any atom is 0.306 e. The Morgan fingerprint density at radius 1 is 0.710 bits per heavy atom. The molecule has 0 aliphatic rings. The Hall–Kier alpha value is -2.12. The maximum atomic E-state index is 12.2. The molecule has 0 amide bonds. The summed E-state index contributed by atoms with van der Waals surface area (Å²) in [6, 6.07) is 0. The molecule has 0 heterocycles. The molecule has 8 nitrogen and oxygen atoms in total. The first-order valence-electron chi connectivity index (χ1n) is 11.4. The molecule has 0 bridgehead atoms. The highest BCUT2D eigenvalue weighted by molar-refractivity contribution is 5.71. The molecule has 0 fully saturated rings. The molecular weight excluding hydrogens is 404 g/mol. The fourth-order valence-electron chi connectivity index (χ4n) is 3.05. The Morgan fingerprint density at radius 3 is 1.58 bits per heavy atom. The molecule has 8 heteroatoms. The van der Waals surface area contributed by atoms with Gasteiger partial charge in [0, 0.05) is 25.7 Å². The first kappa shape index (κ1) is 28.9. The Kier molecular flexibility index (Phi) is 16.3. The summed E-state index contributed by atoms with van der Waals surface area (Å²) in [5, 5.41) is 8.76. The lowest BCUT2D eigenvalue weighted by molar-refractivity contribution is -0.167. The van der Waals surface area contributed by atoms with Gasteiger partial charge in [0.2, 0.25) is 0 Å². The van der Waals surface area contributed by atoms with E-state index < -0.39 is 30.0 Å². The van der Waals surface area contributed by atoms with Crippen LogP contribution in [-0.4, -0.2) is 48.3 Å². The molecule has 0 aromatic carbocycles. The van der Waals surface area contributed by atoms with E-state index in [-0.39, 0.29) is 50.7 Å². The van der Waals surface area contributed by atoms with Gasteiger partial charge in [-0.05, 0) is 11.8 Å². The van der Waals surface area contributed by atoms with Crippen molar-refractivity contribution in [3.05, 3.63) is 0 Å². The van der Waals surface area contributed by atoms with Crippen LogP contribution in [-0.2, 0) is 33.4 Å². The second-order valence-electron chi connectivity index (χ2n) is 8.19. The van der Waals surface area contributed by atoms with Gasteiger partial charge in [0.05, 0.1) is 0 Å². The van der Waals surface area contributed by atoms with E-state index in [1.165, 1.54) is 0 Å². The van der Waals surface area contributed by atoms with Crippen LogP contribution in [0.3, 0.4) is 0 Å². The van der Waals surface area contributed by atoms with Crippen LogP contribution < -0.4 is 0 Å². The van der Waals surface area contributed by atoms with Crippen LogP contribution in [0.1, 0.15) is 91.9 Å². The fourth-order valence-corrected chi connectivity index (χ4v) is 3.05. The number of aliphatic carboxylic acids is 1. The van der Waals surface area contributed by atoms with E-state index in [1.807, 2.05) is 13.8 Å². The van der Waals surface area contributed by atoms with Gasteiger partial charge in [0.15, 0.2) is 6.10 Å². The Balaban J connectivity index is 4.16. The zero-order valence-corrected chi connectivity index (χ0v) is 19.5. The number of carbonyl (C=O) groups is 4. The van der Waals surface area contributed by atoms with Crippen LogP contribution in [0, 0.1) is 11.8 Å². The first-order chi connectivity index (χ1) is 14.7. The van der Waals surface area contributed by atoms with Crippen LogP contribution in [0.15, 0.2) is 0 Å². The molecule has 180 valence electrons. The van der Waals surface area contributed by atoms with Gasteiger partial charge in [-0.3, -0.25) is 19.2 Å². The van der Waals surface area contributed by atoms with Crippen molar-refractivity contribution >= 4 is 23.9 Å². The molecule has 0 radical (unpaired) electrons. The molecule has 2 atom stereocenters. The number of carboxylic acids is 1. The lowest BCUT2D eigenvalue weighted by Gasteiger charge is -2.19. The third-order valence-corrected chi connectivity index (χ3v) is 4.92. The van der Waals surface area contributed by atoms with Crippen LogP contribution >= 0.6 is 0 Å². The van der Waals surface area contributed by atoms with Crippen molar-refractivity contribution in [2.75, 3.05) is 13.2 Å². The summed E-state index contributed by atoms with van der Waals surface area (Å²) in [5.74, 6) is -1.62. The second kappa shape index (κ2) is 17.5. The number of ether oxygens (including phenoxy) is 3. The molecule has 1 N–H and O–H groups in total. The van der Waals surface area contributed by atoms with Gasteiger partial charge in [-0.1, -0.05) is 66.2 Å². The molecule has 0 rings (SSSR count). The van der Waals surface area contributed by atoms with Gasteiger partial charge in [-0.2, -0.15) is 0 Å². The van der Waals surface area contributed by atoms with E-state index >= 15 is 0 Å². The number of esters is 3. The van der Waals surface area contributed by atoms with Crippen molar-refractivity contribution in [3.63, 3.8) is 0 Å². The molecule has 0 saturated carbocycles. The molecule has 0 aliphatic carbocycles. The van der Waals surface area contributed by atoms with Crippen molar-refractivity contribution in [1.82, 2.24) is 0 Å². The topological polar surface area (TPSA) is 116 Å². The molecule has 0 aromatic heterocycles. The highest BCUT2D eigenvalue weighted by atomic mass is 16.6. The predicted molar refractivity (Wildman–Crippen MR) is 115 cm³/mol. The lowest BCUT2D eigenvalue weighted by Crippen LogP contribution is -2.31. The molecule has 2 unspecified atom stereocenters. The minimum Gasteiger partial charge on any atom is -0.481 e. The fraction of sp³-hybridized carbons (Fsp3) is 0.826. The summed E-state index contributed by atoms with van der Waals surface area (Å²) in [6.07, 6.45) is 5.99. The highest BCUT2D eigenvalue weighted by Crippen LogP contribution is 2.18. The molecule has 0 aromatic rings. The number of unbranched alkanes of at least 4 members (excludes halogenated alkanes) is 3. The summed E-state index contributed by atoms with van der Waals surface area (Å²) in [7, 11) is 0. The second-order valence-corrected chi connectivity index (χ2v) is 8.19. The molecule has 0 spiro atoms. The largest absolute Gasteiger partial charge is 0.481 e. The SMILES string of the molecule is CCC(=O)OCC(COC(=O)CC)OC(=O)CC(C)CCCCCCC(C)CC(=O)O. The van der Waals surface area contributed by atoms with Crippen LogP contribution in [0.5, 0.6) is 0 Å². The lowest BCUT2D eigenvalue weighted by atomic mass is 9.97. The summed E-state index contributed by atoms with van der Waals surface area (Å²) in [6.45, 7) is 7.01. The van der Waals surface area contributed by atoms with Crippen LogP contribution in [0.25, 0.3) is 0 Å². The number of rotatable bonds is 18. The van der Waals surface area contributed by atoms with Gasteiger partial charge in [-0.15, -0.1) is 0 Å². The molecular formula is C23H40O8. The monoisotopic (exact) mass is 444 g/mol. The average Bonchev–Trinajstić information content (AvgIpc) is 2.71. The number of hydrogen-bond acceptors (Lipinski definition) is 7. The van der Waals surface area contributed by atoms with E-state index in [9.17, 15) is 19.2 Å². The van der Waals surface area contributed by atoms with Gasteiger partial charge in [-0.25, -0.2) is 0 Å². The number of carboxylic acid groups (broad SMARTS) is 1. The zero-order chi connectivity index (χ0) is 23.6. The van der Waals surface area contributed by atoms with Crippen LogP contribution in [0.4, 0.5) is 0 Å². The molecule has 31 heavy (non-hydrogen) atoms. The smallest absolute Gasteiger partial charge is 0.306 e. The standard InChI is InChI=1S/C23H40O8/c1-5-21(26)29-15-19(16-30-22(27)6-2)31-23(28)14-18(4)12-10-8-7-9-11-17(3)13-20(24)25/h17-19H,5-16H2,1-4H3,(H,24,25). The Bertz CT molecular complexity index is 526. The van der Waals surface area contributed by atoms with Crippen molar-refractivity contribution in [2.45, 2.75) is 98.0 Å². The highest BCUT2D eigenvalue weighted by Gasteiger charge is 2.20. The predicted octanol–water partition coefficient (Wildman–Crippen LogP) is 4.28. The third-order valence-electron chi connectivity index (χ3n) is 4.92. The van der Waals surface area contributed by atoms with Crippen molar-refractivity contribution in [1.29, 1.82) is 0 Å². The maximum absolute atomic E-state index is 12.2. The number of hydrogen-bond donors (Lipinski definition) is 1. The minimum atomic E-state index is -0.807. The van der Waals surface area contributed by atoms with E-state index in [4.69, 9.17) is 19.3 Å². The van der Waals surface area contributed by atoms with Crippen molar-refractivity contribution < 1.29 is 38.5 Å². The van der Waals surface area contributed by atoms with Gasteiger partial charge in [0.25, 0.3) is 0 Å². The summed E-state index contributed by atoms with van der Waals surface area (Å²) in [4.78, 5) is 45.6. The normalized spacial score (nSPS) is 12.8. The van der Waals surface area contributed by atoms with Gasteiger partial charge < -0.3 is 19.3 Å². The van der Waals surface area contributed by atoms with E-state index in [0.29, 0.717) is 0 Å². The summed E-state index contributed by atoms with van der Waals surface area (Å²) < 4.78 is 15.4. The Labute approximate surface area is 186 Å². The van der Waals surface area contributed by atoms with Crippen molar-refractivity contribution in [3.8, 4) is 0 Å². The third kappa shape index (κ3) is 17.3. The van der Waals surface area contributed by atoms with E-state index in [0.717, 1.165) is 38.5 Å². The average molecular weight is 445 g/mol. The molecule has 0 saturated heterocycles. The van der Waals surface area contributed by atoms with E-state index in [2.05, 4.69) is 0 Å². The minimum absolute atomic E-state index is 0.135. The quantitative estimate of drug-likeness (QED) is 0.189. The summed E-state index contributed by atoms with van der Waals surface area (Å²) >= 11 is 0. The Morgan fingerprint density at radius 2 is 1.16 bits per heavy atom. The van der Waals surface area contributed by atoms with Crippen molar-refractivity contribution in [2.24, 2.45) is 11.8 Å².